The molecule has 0 spiro atoms. The van der Waals surface area contributed by atoms with Crippen molar-refractivity contribution in [1.29, 1.82) is 0 Å². The smallest absolute Gasteiger partial charge is 0.183 e. The number of hydrogen-bond acceptors (Lipinski definition) is 0. The van der Waals surface area contributed by atoms with Crippen molar-refractivity contribution < 1.29 is 104 Å². The van der Waals surface area contributed by atoms with Crippen molar-refractivity contribution in [3.63, 3.8) is 0 Å². The Balaban J connectivity index is 0.00000484. The topological polar surface area (TPSA) is 0 Å². The van der Waals surface area contributed by atoms with Gasteiger partial charge in [0.05, 0.1) is 0 Å². The summed E-state index contributed by atoms with van der Waals surface area (Å²) in [4.78, 5) is 0. The van der Waals surface area contributed by atoms with Gasteiger partial charge in [-0.3, -0.25) is 0 Å². The van der Waals surface area contributed by atoms with Crippen LogP contribution in [0.25, 0.3) is 0 Å². The molecule has 0 saturated carbocycles. The third-order valence-electron chi connectivity index (χ3n) is 6.93. The van der Waals surface area contributed by atoms with E-state index in [9.17, 15) is 52.7 Å². The van der Waals surface area contributed by atoms with E-state index in [1.165, 1.54) is 0 Å². The summed E-state index contributed by atoms with van der Waals surface area (Å²) >= 11 is 0. The van der Waals surface area contributed by atoms with E-state index in [1.807, 2.05) is 0 Å². The second-order valence-electron chi connectivity index (χ2n) is 9.21. The Bertz CT molecular complexity index is 1320. The normalized spacial score (nSPS) is 13.0. The molecule has 0 saturated heterocycles. The first-order valence-electron chi connectivity index (χ1n) is 11.7. The van der Waals surface area contributed by atoms with Crippen molar-refractivity contribution in [2.45, 2.75) is 24.7 Å². The minimum Gasteiger partial charge on any atom is -0.183 e. The van der Waals surface area contributed by atoms with Gasteiger partial charge in [-0.05, 0) is 0 Å². The van der Waals surface area contributed by atoms with Crippen LogP contribution in [0.15, 0.2) is 97.1 Å². The Labute approximate surface area is 274 Å². The molecule has 0 heterocycles. The Morgan fingerprint density at radius 2 is 0.476 bits per heavy atom. The Hall–Kier alpha value is -2.26. The van der Waals surface area contributed by atoms with Crippen LogP contribution in [0.3, 0.4) is 0 Å². The molecule has 0 fully saturated rings. The minimum absolute atomic E-state index is 0. The van der Waals surface area contributed by atoms with Crippen molar-refractivity contribution >= 4 is 28.0 Å². The van der Waals surface area contributed by atoms with Gasteiger partial charge in [-0.25, -0.2) is 0 Å². The summed E-state index contributed by atoms with van der Waals surface area (Å²) < 4.78 is 174. The van der Waals surface area contributed by atoms with E-state index in [1.54, 1.807) is 0 Å². The van der Waals surface area contributed by atoms with E-state index >= 15 is 0 Å². The van der Waals surface area contributed by atoms with Gasteiger partial charge in [0.2, 0.25) is 0 Å². The number of hydrogen-bond donors (Lipinski definition) is 0. The van der Waals surface area contributed by atoms with Gasteiger partial charge in [0.15, 0.2) is 0 Å². The van der Waals surface area contributed by atoms with Crippen LogP contribution in [0.1, 0.15) is 22.3 Å². The predicted octanol–water partition coefficient (Wildman–Crippen LogP) is 4.14. The molecule has 0 N–H and O–H groups in total. The molecule has 0 aliphatic heterocycles. The summed E-state index contributed by atoms with van der Waals surface area (Å²) in [5.74, 6) is 0. The maximum atomic E-state index is 14.5. The van der Waals surface area contributed by atoms with Crippen LogP contribution in [0.5, 0.6) is 0 Å². The molecule has 0 amide bonds. The fraction of sp³-hybridized carbons (Fsp3) is 0.143. The molecule has 216 valence electrons. The Morgan fingerprint density at radius 1 is 0.310 bits per heavy atom. The van der Waals surface area contributed by atoms with Gasteiger partial charge in [0.25, 0.3) is 0 Å². The van der Waals surface area contributed by atoms with Crippen LogP contribution in [-0.4, -0.2) is 6.15 Å². The monoisotopic (exact) mass is 630 g/mol. The fourth-order valence-electron chi connectivity index (χ4n) is 5.54. The molecule has 14 heteroatoms. The molecule has 4 aromatic rings. The molecule has 0 nitrogen and oxygen atoms in total. The minimum atomic E-state index is -5.38. The van der Waals surface area contributed by atoms with E-state index in [-0.39, 0.29) is 51.4 Å². The third-order valence-corrected chi connectivity index (χ3v) is 6.93. The Kier molecular flexibility index (Phi) is 9.80. The number of benzene rings is 4. The third kappa shape index (κ3) is 6.33. The second kappa shape index (κ2) is 12.0. The van der Waals surface area contributed by atoms with Crippen molar-refractivity contribution in [2.75, 3.05) is 0 Å². The average Bonchev–Trinajstić information content (AvgIpc) is 2.88. The molecule has 4 rings (SSSR count). The van der Waals surface area contributed by atoms with Crippen LogP contribution >= 0.6 is 0 Å². The van der Waals surface area contributed by atoms with Gasteiger partial charge < -0.3 is 0 Å². The number of halogens is 12. The largest absolute Gasteiger partial charge is 1.00 e. The zero-order valence-corrected chi connectivity index (χ0v) is 24.5. The predicted molar refractivity (Wildman–Crippen MR) is 130 cm³/mol. The van der Waals surface area contributed by atoms with Gasteiger partial charge in [-0.1, -0.05) is 97.1 Å². The van der Waals surface area contributed by atoms with Gasteiger partial charge in [0.1, 0.15) is 6.15 Å². The summed E-state index contributed by atoms with van der Waals surface area (Å²) in [6, 6.07) is 11.2. The zero-order chi connectivity index (χ0) is 30.4. The SMILES string of the molecule is FC(F)(F)c1ccccc1[B-](c1ccccc1C(F)(F)F)(c1ccccc1C(F)(F)F)c1ccccc1C(F)(F)F.[K+]. The molecule has 0 unspecified atom stereocenters. The summed E-state index contributed by atoms with van der Waals surface area (Å²) in [5, 5.41) is 0. The zero-order valence-electron chi connectivity index (χ0n) is 21.4. The molecule has 0 atom stereocenters. The molecule has 4 aromatic carbocycles. The van der Waals surface area contributed by atoms with Crippen molar-refractivity contribution in [3.05, 3.63) is 119 Å². The van der Waals surface area contributed by atoms with Crippen molar-refractivity contribution in [2.24, 2.45) is 0 Å². The first kappa shape index (κ1) is 34.2. The number of alkyl halides is 12. The maximum absolute atomic E-state index is 14.5. The van der Waals surface area contributed by atoms with Gasteiger partial charge in [-0.2, -0.15) is 74.5 Å². The molecule has 0 bridgehead atoms. The summed E-state index contributed by atoms with van der Waals surface area (Å²) in [6.45, 7) is 0. The van der Waals surface area contributed by atoms with Crippen LogP contribution in [0.2, 0.25) is 0 Å². The first-order chi connectivity index (χ1) is 18.9. The molecule has 0 aliphatic carbocycles. The summed E-state index contributed by atoms with van der Waals surface area (Å²) in [6.07, 6.45) is -26.0. The van der Waals surface area contributed by atoms with E-state index in [2.05, 4.69) is 0 Å². The van der Waals surface area contributed by atoms with E-state index in [4.69, 9.17) is 0 Å². The number of rotatable bonds is 4. The van der Waals surface area contributed by atoms with Crippen LogP contribution in [-0.2, 0) is 24.7 Å². The quantitative estimate of drug-likeness (QED) is 0.235. The first-order valence-corrected chi connectivity index (χ1v) is 11.7. The van der Waals surface area contributed by atoms with Crippen molar-refractivity contribution in [3.8, 4) is 0 Å². The average molecular weight is 630 g/mol. The van der Waals surface area contributed by atoms with Gasteiger partial charge in [0, 0.05) is 22.3 Å². The second-order valence-corrected chi connectivity index (χ2v) is 9.21. The van der Waals surface area contributed by atoms with E-state index in [0.717, 1.165) is 48.5 Å². The van der Waals surface area contributed by atoms with Crippen LogP contribution in [0, 0.1) is 0 Å². The molecule has 0 aliphatic rings. The fourth-order valence-corrected chi connectivity index (χ4v) is 5.54. The van der Waals surface area contributed by atoms with Crippen LogP contribution in [0.4, 0.5) is 52.7 Å². The van der Waals surface area contributed by atoms with Crippen LogP contribution < -0.4 is 73.2 Å². The molecule has 0 aromatic heterocycles. The van der Waals surface area contributed by atoms with E-state index in [0.29, 0.717) is 48.5 Å². The van der Waals surface area contributed by atoms with Crippen molar-refractivity contribution in [1.82, 2.24) is 0 Å². The summed E-state index contributed by atoms with van der Waals surface area (Å²) in [5.41, 5.74) is -11.5. The molecular formula is C28H16BF12K. The molecule has 0 radical (unpaired) electrons. The van der Waals surface area contributed by atoms with Gasteiger partial charge in [-0.15, -0.1) is 0 Å². The standard InChI is InChI=1S/C28H16BF12.K/c30-25(31,32)17-9-1-5-13-21(17)29(22-14-6-2-10-18(22)26(33,34)35,23-15-7-3-11-19(23)27(36,37)38)24-16-8-4-12-20(24)28(39,40)41;/h1-16H;/q-1;+1. The molecule has 42 heavy (non-hydrogen) atoms. The summed E-state index contributed by atoms with van der Waals surface area (Å²) in [7, 11) is 0. The van der Waals surface area contributed by atoms with Gasteiger partial charge >= 0.3 is 76.1 Å². The Morgan fingerprint density at radius 3 is 0.643 bits per heavy atom. The van der Waals surface area contributed by atoms with E-state index < -0.39 is 75.0 Å². The molecular weight excluding hydrogens is 614 g/mol. The maximum Gasteiger partial charge on any atom is 1.00 e.